The fourth-order valence-electron chi connectivity index (χ4n) is 2.15. The molecule has 0 aliphatic heterocycles. The SMILES string of the molecule is CCCCNC(=O)c1ccc(NC(=S)NC(=O)c2cccc(Cl)c2)cc1. The average Bonchev–Trinajstić information content (AvgIpc) is 2.62. The molecule has 0 fully saturated rings. The molecule has 136 valence electrons. The number of amides is 2. The minimum Gasteiger partial charge on any atom is -0.352 e. The van der Waals surface area contributed by atoms with Gasteiger partial charge in [-0.2, -0.15) is 0 Å². The van der Waals surface area contributed by atoms with E-state index in [9.17, 15) is 9.59 Å². The number of nitrogens with one attached hydrogen (secondary N) is 3. The number of unbranched alkanes of at least 4 members (excludes halogenated alkanes) is 1. The fraction of sp³-hybridized carbons (Fsp3) is 0.211. The Balaban J connectivity index is 1.89. The van der Waals surface area contributed by atoms with Gasteiger partial charge in [0.25, 0.3) is 11.8 Å². The van der Waals surface area contributed by atoms with E-state index in [1.165, 1.54) is 0 Å². The molecule has 0 saturated heterocycles. The monoisotopic (exact) mass is 389 g/mol. The molecule has 0 aliphatic carbocycles. The van der Waals surface area contributed by atoms with Crippen LogP contribution in [0.5, 0.6) is 0 Å². The second-order valence-corrected chi connectivity index (χ2v) is 6.45. The Hall–Kier alpha value is -2.44. The van der Waals surface area contributed by atoms with Gasteiger partial charge in [0.05, 0.1) is 0 Å². The first-order chi connectivity index (χ1) is 12.5. The van der Waals surface area contributed by atoms with Gasteiger partial charge in [-0.15, -0.1) is 0 Å². The topological polar surface area (TPSA) is 70.2 Å². The van der Waals surface area contributed by atoms with Crippen LogP contribution in [0.15, 0.2) is 48.5 Å². The summed E-state index contributed by atoms with van der Waals surface area (Å²) in [5, 5.41) is 8.99. The van der Waals surface area contributed by atoms with Crippen LogP contribution in [0.1, 0.15) is 40.5 Å². The van der Waals surface area contributed by atoms with Gasteiger partial charge < -0.3 is 10.6 Å². The number of benzene rings is 2. The highest BCUT2D eigenvalue weighted by atomic mass is 35.5. The normalized spacial score (nSPS) is 10.1. The number of hydrogen-bond donors (Lipinski definition) is 3. The summed E-state index contributed by atoms with van der Waals surface area (Å²) in [4.78, 5) is 24.1. The van der Waals surface area contributed by atoms with Crippen LogP contribution < -0.4 is 16.0 Å². The third-order valence-electron chi connectivity index (χ3n) is 3.53. The zero-order chi connectivity index (χ0) is 18.9. The molecule has 2 amide bonds. The molecule has 26 heavy (non-hydrogen) atoms. The van der Waals surface area contributed by atoms with Gasteiger partial charge >= 0.3 is 0 Å². The van der Waals surface area contributed by atoms with E-state index in [0.717, 1.165) is 12.8 Å². The van der Waals surface area contributed by atoms with Crippen LogP contribution >= 0.6 is 23.8 Å². The van der Waals surface area contributed by atoms with Crippen molar-refractivity contribution < 1.29 is 9.59 Å². The summed E-state index contributed by atoms with van der Waals surface area (Å²) >= 11 is 11.0. The molecule has 2 aromatic carbocycles. The Bertz CT molecular complexity index is 794. The maximum absolute atomic E-state index is 12.1. The number of thiocarbonyl (C=S) groups is 1. The summed E-state index contributed by atoms with van der Waals surface area (Å²) < 4.78 is 0. The zero-order valence-electron chi connectivity index (χ0n) is 14.3. The highest BCUT2D eigenvalue weighted by Gasteiger charge is 2.09. The molecule has 0 radical (unpaired) electrons. The van der Waals surface area contributed by atoms with Crippen molar-refractivity contribution in [2.24, 2.45) is 0 Å². The summed E-state index contributed by atoms with van der Waals surface area (Å²) in [6, 6.07) is 13.4. The Morgan fingerprint density at radius 3 is 2.42 bits per heavy atom. The smallest absolute Gasteiger partial charge is 0.257 e. The fourth-order valence-corrected chi connectivity index (χ4v) is 2.55. The molecule has 2 aromatic rings. The number of rotatable bonds is 6. The van der Waals surface area contributed by atoms with Crippen molar-refractivity contribution in [2.45, 2.75) is 19.8 Å². The number of halogens is 1. The van der Waals surface area contributed by atoms with E-state index in [2.05, 4.69) is 22.9 Å². The zero-order valence-corrected chi connectivity index (χ0v) is 15.9. The van der Waals surface area contributed by atoms with Gasteiger partial charge in [-0.05, 0) is 61.1 Å². The van der Waals surface area contributed by atoms with Gasteiger partial charge in [-0.25, -0.2) is 0 Å². The molecular weight excluding hydrogens is 370 g/mol. The lowest BCUT2D eigenvalue weighted by atomic mass is 10.2. The van der Waals surface area contributed by atoms with E-state index in [1.54, 1.807) is 48.5 Å². The van der Waals surface area contributed by atoms with E-state index in [0.29, 0.717) is 28.4 Å². The van der Waals surface area contributed by atoms with Gasteiger partial charge in [-0.3, -0.25) is 14.9 Å². The Morgan fingerprint density at radius 2 is 1.77 bits per heavy atom. The van der Waals surface area contributed by atoms with Gasteiger partial charge in [0, 0.05) is 28.4 Å². The number of hydrogen-bond acceptors (Lipinski definition) is 3. The summed E-state index contributed by atoms with van der Waals surface area (Å²) in [6.07, 6.45) is 1.98. The number of carbonyl (C=O) groups excluding carboxylic acids is 2. The molecule has 7 heteroatoms. The van der Waals surface area contributed by atoms with E-state index in [4.69, 9.17) is 23.8 Å². The van der Waals surface area contributed by atoms with Crippen molar-refractivity contribution in [3.8, 4) is 0 Å². The molecule has 0 unspecified atom stereocenters. The maximum Gasteiger partial charge on any atom is 0.257 e. The third kappa shape index (κ3) is 6.13. The van der Waals surface area contributed by atoms with E-state index < -0.39 is 0 Å². The van der Waals surface area contributed by atoms with Crippen LogP contribution in [0.4, 0.5) is 5.69 Å². The standard InChI is InChI=1S/C19H20ClN3O2S/c1-2-3-11-21-17(24)13-7-9-16(10-8-13)22-19(26)23-18(25)14-5-4-6-15(20)12-14/h4-10,12H,2-3,11H2,1H3,(H,21,24)(H2,22,23,25,26). The predicted octanol–water partition coefficient (Wildman–Crippen LogP) is 4.00. The molecule has 0 spiro atoms. The van der Waals surface area contributed by atoms with Crippen molar-refractivity contribution in [1.29, 1.82) is 0 Å². The molecule has 0 aromatic heterocycles. The molecule has 5 nitrogen and oxygen atoms in total. The van der Waals surface area contributed by atoms with Crippen LogP contribution in [0.3, 0.4) is 0 Å². The van der Waals surface area contributed by atoms with Gasteiger partial charge in [0.2, 0.25) is 0 Å². The van der Waals surface area contributed by atoms with Crippen molar-refractivity contribution in [3.63, 3.8) is 0 Å². The Labute approximate surface area is 163 Å². The van der Waals surface area contributed by atoms with E-state index in [1.807, 2.05) is 0 Å². The first-order valence-corrected chi connectivity index (χ1v) is 9.04. The Morgan fingerprint density at radius 1 is 1.04 bits per heavy atom. The highest BCUT2D eigenvalue weighted by Crippen LogP contribution is 2.12. The van der Waals surface area contributed by atoms with Crippen molar-refractivity contribution in [1.82, 2.24) is 10.6 Å². The molecule has 3 N–H and O–H groups in total. The lowest BCUT2D eigenvalue weighted by molar-refractivity contribution is 0.0950. The van der Waals surface area contributed by atoms with Gasteiger partial charge in [0.1, 0.15) is 0 Å². The summed E-state index contributed by atoms with van der Waals surface area (Å²) in [6.45, 7) is 2.73. The summed E-state index contributed by atoms with van der Waals surface area (Å²) in [5.74, 6) is -0.459. The molecule has 0 atom stereocenters. The number of anilines is 1. The van der Waals surface area contributed by atoms with Crippen molar-refractivity contribution in [2.75, 3.05) is 11.9 Å². The minimum atomic E-state index is -0.350. The molecule has 2 rings (SSSR count). The Kier molecular flexibility index (Phi) is 7.56. The van der Waals surface area contributed by atoms with E-state index in [-0.39, 0.29) is 16.9 Å². The number of carbonyl (C=O) groups is 2. The first-order valence-electron chi connectivity index (χ1n) is 8.25. The van der Waals surface area contributed by atoms with Crippen LogP contribution in [-0.2, 0) is 0 Å². The summed E-state index contributed by atoms with van der Waals surface area (Å²) in [7, 11) is 0. The van der Waals surface area contributed by atoms with Gasteiger partial charge in [0.15, 0.2) is 5.11 Å². The highest BCUT2D eigenvalue weighted by molar-refractivity contribution is 7.80. The van der Waals surface area contributed by atoms with Crippen LogP contribution in [0, 0.1) is 0 Å². The lowest BCUT2D eigenvalue weighted by Crippen LogP contribution is -2.34. The molecular formula is C19H20ClN3O2S. The van der Waals surface area contributed by atoms with Crippen molar-refractivity contribution >= 4 is 46.4 Å². The molecule has 0 bridgehead atoms. The van der Waals surface area contributed by atoms with Crippen LogP contribution in [0.25, 0.3) is 0 Å². The minimum absolute atomic E-state index is 0.109. The second kappa shape index (κ2) is 9.89. The third-order valence-corrected chi connectivity index (χ3v) is 3.97. The van der Waals surface area contributed by atoms with Crippen LogP contribution in [0.2, 0.25) is 5.02 Å². The molecule has 0 heterocycles. The summed E-state index contributed by atoms with van der Waals surface area (Å²) in [5.41, 5.74) is 1.66. The quantitative estimate of drug-likeness (QED) is 0.516. The maximum atomic E-state index is 12.1. The second-order valence-electron chi connectivity index (χ2n) is 5.61. The van der Waals surface area contributed by atoms with E-state index >= 15 is 0 Å². The molecule has 0 aliphatic rings. The van der Waals surface area contributed by atoms with Gasteiger partial charge in [-0.1, -0.05) is 31.0 Å². The largest absolute Gasteiger partial charge is 0.352 e. The molecule has 0 saturated carbocycles. The van der Waals surface area contributed by atoms with Crippen LogP contribution in [-0.4, -0.2) is 23.5 Å². The predicted molar refractivity (Wildman–Crippen MR) is 109 cm³/mol. The first kappa shape index (κ1) is 19.9. The average molecular weight is 390 g/mol. The van der Waals surface area contributed by atoms with Crippen molar-refractivity contribution in [3.05, 3.63) is 64.7 Å². The lowest BCUT2D eigenvalue weighted by Gasteiger charge is -2.10.